The molecule has 2 fully saturated rings. The van der Waals surface area contributed by atoms with E-state index in [9.17, 15) is 13.2 Å². The molecule has 3 rings (SSSR count). The van der Waals surface area contributed by atoms with E-state index in [0.29, 0.717) is 32.1 Å². The van der Waals surface area contributed by atoms with Gasteiger partial charge in [0.25, 0.3) is 0 Å². The molecule has 8 nitrogen and oxygen atoms in total. The second kappa shape index (κ2) is 8.97. The summed E-state index contributed by atoms with van der Waals surface area (Å²) in [6.07, 6.45) is 10.7. The predicted octanol–water partition coefficient (Wildman–Crippen LogP) is 1.11. The first kappa shape index (κ1) is 20.0. The number of carbonyl (C=O) groups excluding carboxylic acids is 1. The van der Waals surface area contributed by atoms with Gasteiger partial charge in [0, 0.05) is 44.6 Å². The minimum absolute atomic E-state index is 0.0503. The van der Waals surface area contributed by atoms with E-state index in [1.54, 1.807) is 23.4 Å². The van der Waals surface area contributed by atoms with Crippen LogP contribution in [0.25, 0.3) is 0 Å². The van der Waals surface area contributed by atoms with E-state index >= 15 is 0 Å². The highest BCUT2D eigenvalue weighted by Gasteiger charge is 2.31. The lowest BCUT2D eigenvalue weighted by Gasteiger charge is -2.36. The van der Waals surface area contributed by atoms with Crippen molar-refractivity contribution in [3.05, 3.63) is 18.5 Å². The summed E-state index contributed by atoms with van der Waals surface area (Å²) in [6, 6.07) is 1.72. The molecule has 9 heteroatoms. The van der Waals surface area contributed by atoms with Gasteiger partial charge < -0.3 is 9.80 Å². The van der Waals surface area contributed by atoms with E-state index in [1.165, 1.54) is 10.6 Å². The molecular weight excluding hydrogens is 366 g/mol. The van der Waals surface area contributed by atoms with Crippen LogP contribution in [-0.2, 0) is 14.8 Å². The molecule has 0 radical (unpaired) electrons. The summed E-state index contributed by atoms with van der Waals surface area (Å²) < 4.78 is 26.1. The lowest BCUT2D eigenvalue weighted by atomic mass is 10.1. The lowest BCUT2D eigenvalue weighted by Crippen LogP contribution is -2.53. The van der Waals surface area contributed by atoms with Crippen LogP contribution in [0.1, 0.15) is 38.5 Å². The number of nitrogens with zero attached hydrogens (tertiary/aromatic N) is 5. The summed E-state index contributed by atoms with van der Waals surface area (Å²) in [4.78, 5) is 25.1. The third kappa shape index (κ3) is 5.38. The molecule has 0 atom stereocenters. The topological polar surface area (TPSA) is 86.7 Å². The molecular formula is C18H29N5O3S. The van der Waals surface area contributed by atoms with Crippen LogP contribution < -0.4 is 4.90 Å². The Kier molecular flexibility index (Phi) is 6.64. The van der Waals surface area contributed by atoms with Crippen molar-refractivity contribution in [2.75, 3.05) is 43.9 Å². The minimum atomic E-state index is -3.41. The van der Waals surface area contributed by atoms with Crippen LogP contribution in [0.3, 0.4) is 0 Å². The van der Waals surface area contributed by atoms with Gasteiger partial charge in [0.05, 0.1) is 12.8 Å². The molecule has 1 saturated heterocycles. The number of hydrogen-bond acceptors (Lipinski definition) is 6. The third-order valence-electron chi connectivity index (χ3n) is 5.42. The predicted molar refractivity (Wildman–Crippen MR) is 104 cm³/mol. The number of amides is 1. The summed E-state index contributed by atoms with van der Waals surface area (Å²) in [5, 5.41) is 0. The molecule has 0 spiro atoms. The van der Waals surface area contributed by atoms with E-state index < -0.39 is 10.0 Å². The Morgan fingerprint density at radius 3 is 2.22 bits per heavy atom. The van der Waals surface area contributed by atoms with Gasteiger partial charge in [-0.05, 0) is 18.9 Å². The molecule has 1 aromatic rings. The second-order valence-electron chi connectivity index (χ2n) is 7.37. The Labute approximate surface area is 161 Å². The zero-order valence-corrected chi connectivity index (χ0v) is 16.8. The summed E-state index contributed by atoms with van der Waals surface area (Å²) in [5.41, 5.74) is 0. The van der Waals surface area contributed by atoms with E-state index in [0.717, 1.165) is 38.5 Å². The van der Waals surface area contributed by atoms with Crippen LogP contribution in [0.15, 0.2) is 18.5 Å². The summed E-state index contributed by atoms with van der Waals surface area (Å²) in [5.74, 6) is 0.555. The van der Waals surface area contributed by atoms with Gasteiger partial charge >= 0.3 is 0 Å². The summed E-state index contributed by atoms with van der Waals surface area (Å²) in [7, 11) is -3.41. The highest BCUT2D eigenvalue weighted by Crippen LogP contribution is 2.24. The first-order chi connectivity index (χ1) is 12.9. The van der Waals surface area contributed by atoms with E-state index in [1.807, 2.05) is 4.90 Å². The van der Waals surface area contributed by atoms with Crippen molar-refractivity contribution in [3.63, 3.8) is 0 Å². The van der Waals surface area contributed by atoms with Crippen LogP contribution in [0.4, 0.5) is 5.95 Å². The summed E-state index contributed by atoms with van der Waals surface area (Å²) >= 11 is 0. The highest BCUT2D eigenvalue weighted by atomic mass is 32.2. The Balaban J connectivity index is 1.59. The molecule has 2 aliphatic rings. The number of carbonyl (C=O) groups is 1. The highest BCUT2D eigenvalue weighted by molar-refractivity contribution is 7.88. The Hall–Kier alpha value is -1.74. The maximum Gasteiger partial charge on any atom is 0.238 e. The van der Waals surface area contributed by atoms with E-state index in [2.05, 4.69) is 9.97 Å². The molecule has 1 aromatic heterocycles. The molecule has 1 saturated carbocycles. The Morgan fingerprint density at radius 2 is 1.67 bits per heavy atom. The lowest BCUT2D eigenvalue weighted by molar-refractivity contribution is -0.132. The number of hydrogen-bond donors (Lipinski definition) is 0. The first-order valence-corrected chi connectivity index (χ1v) is 11.6. The molecule has 2 heterocycles. The molecule has 0 unspecified atom stereocenters. The molecule has 150 valence electrons. The minimum Gasteiger partial charge on any atom is -0.338 e. The van der Waals surface area contributed by atoms with Crippen LogP contribution >= 0.6 is 0 Å². The standard InChI is InChI=1S/C18H29N5O3S/c1-27(25,26)23(16-7-4-2-3-5-8-16)15-17(24)21-11-13-22(14-12-21)18-19-9-6-10-20-18/h6,9-10,16H,2-5,7-8,11-15H2,1H3. The van der Waals surface area contributed by atoms with Crippen LogP contribution in [-0.4, -0.2) is 78.5 Å². The van der Waals surface area contributed by atoms with Gasteiger partial charge in [-0.3, -0.25) is 4.79 Å². The van der Waals surface area contributed by atoms with Gasteiger partial charge in [0.2, 0.25) is 21.9 Å². The average Bonchev–Trinajstić information content (AvgIpc) is 2.95. The van der Waals surface area contributed by atoms with Crippen molar-refractivity contribution >= 4 is 21.9 Å². The maximum atomic E-state index is 12.8. The maximum absolute atomic E-state index is 12.8. The SMILES string of the molecule is CS(=O)(=O)N(CC(=O)N1CCN(c2ncccn2)CC1)C1CCCCCC1. The van der Waals surface area contributed by atoms with E-state index in [4.69, 9.17) is 0 Å². The fourth-order valence-electron chi connectivity index (χ4n) is 3.91. The average molecular weight is 396 g/mol. The first-order valence-electron chi connectivity index (χ1n) is 9.72. The van der Waals surface area contributed by atoms with Crippen molar-refractivity contribution < 1.29 is 13.2 Å². The Morgan fingerprint density at radius 1 is 1.07 bits per heavy atom. The molecule has 0 bridgehead atoms. The fourth-order valence-corrected chi connectivity index (χ4v) is 5.00. The number of aromatic nitrogens is 2. The van der Waals surface area contributed by atoms with Crippen molar-refractivity contribution in [1.82, 2.24) is 19.2 Å². The van der Waals surface area contributed by atoms with Crippen molar-refractivity contribution in [3.8, 4) is 0 Å². The Bertz CT molecular complexity index is 712. The summed E-state index contributed by atoms with van der Waals surface area (Å²) in [6.45, 7) is 2.36. The zero-order chi connectivity index (χ0) is 19.3. The largest absolute Gasteiger partial charge is 0.338 e. The monoisotopic (exact) mass is 395 g/mol. The van der Waals surface area contributed by atoms with Gasteiger partial charge in [0.1, 0.15) is 0 Å². The van der Waals surface area contributed by atoms with Crippen molar-refractivity contribution in [2.24, 2.45) is 0 Å². The number of piperazine rings is 1. The molecule has 0 N–H and O–H groups in total. The normalized spacial score (nSPS) is 19.9. The number of anilines is 1. The second-order valence-corrected chi connectivity index (χ2v) is 9.31. The van der Waals surface area contributed by atoms with Gasteiger partial charge in [0.15, 0.2) is 0 Å². The van der Waals surface area contributed by atoms with Crippen molar-refractivity contribution in [2.45, 2.75) is 44.6 Å². The molecule has 1 aliphatic carbocycles. The van der Waals surface area contributed by atoms with E-state index in [-0.39, 0.29) is 18.5 Å². The van der Waals surface area contributed by atoms with Crippen LogP contribution in [0.5, 0.6) is 0 Å². The van der Waals surface area contributed by atoms with Crippen molar-refractivity contribution in [1.29, 1.82) is 0 Å². The fraction of sp³-hybridized carbons (Fsp3) is 0.722. The smallest absolute Gasteiger partial charge is 0.238 e. The van der Waals surface area contributed by atoms with Crippen LogP contribution in [0, 0.1) is 0 Å². The zero-order valence-electron chi connectivity index (χ0n) is 16.0. The number of rotatable bonds is 5. The molecule has 27 heavy (non-hydrogen) atoms. The quantitative estimate of drug-likeness (QED) is 0.694. The van der Waals surface area contributed by atoms with Gasteiger partial charge in [-0.2, -0.15) is 4.31 Å². The van der Waals surface area contributed by atoms with Crippen LogP contribution in [0.2, 0.25) is 0 Å². The van der Waals surface area contributed by atoms with Gasteiger partial charge in [-0.15, -0.1) is 0 Å². The van der Waals surface area contributed by atoms with Gasteiger partial charge in [-0.1, -0.05) is 25.7 Å². The molecule has 1 amide bonds. The number of sulfonamides is 1. The third-order valence-corrected chi connectivity index (χ3v) is 6.70. The van der Waals surface area contributed by atoms with Gasteiger partial charge in [-0.25, -0.2) is 18.4 Å². The molecule has 0 aromatic carbocycles. The molecule has 1 aliphatic heterocycles.